The minimum absolute atomic E-state index is 0.315. The summed E-state index contributed by atoms with van der Waals surface area (Å²) in [6.07, 6.45) is 3.56. The molecule has 0 bridgehead atoms. The monoisotopic (exact) mass is 388 g/mol. The SMILES string of the molecule is CC(C)n1nc(-c2cnc3[nH]cc(C#N)c3c2)cc1C1[C@@H]2CN(C3COC3)C[C@@H]12. The molecule has 2 atom stereocenters. The van der Waals surface area contributed by atoms with E-state index in [1.165, 1.54) is 18.8 Å². The van der Waals surface area contributed by atoms with Crippen molar-refractivity contribution in [3.05, 3.63) is 35.8 Å². The molecule has 0 amide bonds. The lowest BCUT2D eigenvalue weighted by Crippen LogP contribution is -2.48. The van der Waals surface area contributed by atoms with E-state index in [1.54, 1.807) is 6.20 Å². The lowest BCUT2D eigenvalue weighted by Gasteiger charge is -2.35. The van der Waals surface area contributed by atoms with Gasteiger partial charge in [0.1, 0.15) is 11.7 Å². The number of H-pyrrole nitrogens is 1. The van der Waals surface area contributed by atoms with Crippen LogP contribution in [0.4, 0.5) is 0 Å². The maximum atomic E-state index is 9.33. The average molecular weight is 388 g/mol. The number of likely N-dealkylation sites (tertiary alicyclic amines) is 1. The van der Waals surface area contributed by atoms with Crippen LogP contribution in [0, 0.1) is 23.2 Å². The molecule has 148 valence electrons. The first-order chi connectivity index (χ1) is 14.1. The summed E-state index contributed by atoms with van der Waals surface area (Å²) in [7, 11) is 0. The summed E-state index contributed by atoms with van der Waals surface area (Å²) in [5.74, 6) is 2.09. The molecule has 2 aliphatic heterocycles. The van der Waals surface area contributed by atoms with Gasteiger partial charge in [0, 0.05) is 54.1 Å². The first-order valence-corrected chi connectivity index (χ1v) is 10.4. The van der Waals surface area contributed by atoms with E-state index in [0.717, 1.165) is 47.3 Å². The van der Waals surface area contributed by atoms with Crippen LogP contribution in [0.2, 0.25) is 0 Å². The predicted molar refractivity (Wildman–Crippen MR) is 108 cm³/mol. The molecule has 0 aromatic carbocycles. The molecule has 7 nitrogen and oxygen atoms in total. The number of aromatic amines is 1. The van der Waals surface area contributed by atoms with E-state index in [0.29, 0.717) is 23.6 Å². The molecule has 3 aromatic heterocycles. The van der Waals surface area contributed by atoms with E-state index >= 15 is 0 Å². The maximum Gasteiger partial charge on any atom is 0.138 e. The fourth-order valence-corrected chi connectivity index (χ4v) is 5.18. The highest BCUT2D eigenvalue weighted by Crippen LogP contribution is 2.59. The van der Waals surface area contributed by atoms with E-state index in [-0.39, 0.29) is 0 Å². The Bertz CT molecular complexity index is 1120. The lowest BCUT2D eigenvalue weighted by atomic mass is 10.1. The van der Waals surface area contributed by atoms with E-state index < -0.39 is 0 Å². The fourth-order valence-electron chi connectivity index (χ4n) is 5.18. The van der Waals surface area contributed by atoms with E-state index in [9.17, 15) is 5.26 Å². The van der Waals surface area contributed by atoms with Gasteiger partial charge in [-0.15, -0.1) is 0 Å². The van der Waals surface area contributed by atoms with Gasteiger partial charge >= 0.3 is 0 Å². The molecular weight excluding hydrogens is 364 g/mol. The van der Waals surface area contributed by atoms with Crippen molar-refractivity contribution in [2.24, 2.45) is 11.8 Å². The van der Waals surface area contributed by atoms with Crippen molar-refractivity contribution in [2.45, 2.75) is 31.8 Å². The number of piperidine rings is 1. The second kappa shape index (κ2) is 6.15. The van der Waals surface area contributed by atoms with Crippen LogP contribution < -0.4 is 0 Å². The smallest absolute Gasteiger partial charge is 0.138 e. The second-order valence-corrected chi connectivity index (χ2v) is 8.93. The van der Waals surface area contributed by atoms with E-state index in [1.807, 2.05) is 12.3 Å². The highest BCUT2D eigenvalue weighted by Gasteiger charge is 2.58. The van der Waals surface area contributed by atoms with Gasteiger partial charge in [-0.05, 0) is 37.8 Å². The van der Waals surface area contributed by atoms with Crippen molar-refractivity contribution in [1.29, 1.82) is 5.26 Å². The summed E-state index contributed by atoms with van der Waals surface area (Å²) >= 11 is 0. The summed E-state index contributed by atoms with van der Waals surface area (Å²) in [6.45, 7) is 8.55. The quantitative estimate of drug-likeness (QED) is 0.743. The Morgan fingerprint density at radius 3 is 2.69 bits per heavy atom. The first kappa shape index (κ1) is 17.2. The number of aromatic nitrogens is 4. The highest BCUT2D eigenvalue weighted by molar-refractivity contribution is 5.86. The number of hydrogen-bond acceptors (Lipinski definition) is 5. The highest BCUT2D eigenvalue weighted by atomic mass is 16.5. The van der Waals surface area contributed by atoms with Gasteiger partial charge in [-0.25, -0.2) is 4.98 Å². The average Bonchev–Trinajstić information content (AvgIpc) is 3.10. The van der Waals surface area contributed by atoms with Crippen molar-refractivity contribution >= 4 is 11.0 Å². The lowest BCUT2D eigenvalue weighted by molar-refractivity contribution is -0.0610. The zero-order chi connectivity index (χ0) is 19.7. The number of pyridine rings is 1. The molecule has 0 spiro atoms. The molecule has 0 radical (unpaired) electrons. The minimum atomic E-state index is 0.315. The standard InChI is InChI=1S/C22H24N6O/c1-12(2)28-20(21-17-8-27(9-18(17)21)15-10-29-11-15)4-19(26-28)13-3-16-14(5-23)7-25-22(16)24-6-13/h3-4,6-7,12,15,17-18,21H,8-11H2,1-2H3,(H,24,25)/t17-,18-/m1/s1. The third-order valence-corrected chi connectivity index (χ3v) is 6.90. The summed E-state index contributed by atoms with van der Waals surface area (Å²) in [6, 6.07) is 7.47. The number of rotatable bonds is 4. The molecule has 0 unspecified atom stereocenters. The van der Waals surface area contributed by atoms with Crippen LogP contribution >= 0.6 is 0 Å². The fraction of sp³-hybridized carbons (Fsp3) is 0.500. The molecule has 3 aromatic rings. The van der Waals surface area contributed by atoms with Crippen LogP contribution in [-0.4, -0.2) is 57.0 Å². The van der Waals surface area contributed by atoms with Gasteiger partial charge in [-0.1, -0.05) is 0 Å². The summed E-state index contributed by atoms with van der Waals surface area (Å²) in [5.41, 5.74) is 4.63. The Morgan fingerprint density at radius 2 is 2.03 bits per heavy atom. The molecule has 1 saturated carbocycles. The molecule has 7 heteroatoms. The normalized spacial score (nSPS) is 26.6. The molecule has 29 heavy (non-hydrogen) atoms. The molecule has 5 heterocycles. The van der Waals surface area contributed by atoms with Crippen molar-refractivity contribution in [3.63, 3.8) is 0 Å². The minimum Gasteiger partial charge on any atom is -0.378 e. The Hall–Kier alpha value is -2.69. The van der Waals surface area contributed by atoms with Crippen molar-refractivity contribution in [1.82, 2.24) is 24.6 Å². The van der Waals surface area contributed by atoms with Gasteiger partial charge in [-0.3, -0.25) is 9.58 Å². The van der Waals surface area contributed by atoms with Crippen LogP contribution in [0.15, 0.2) is 24.5 Å². The summed E-state index contributed by atoms with van der Waals surface area (Å²) in [5, 5.41) is 15.1. The summed E-state index contributed by atoms with van der Waals surface area (Å²) in [4.78, 5) is 10.2. The third-order valence-electron chi connectivity index (χ3n) is 6.90. The molecule has 1 aliphatic carbocycles. The molecule has 3 fully saturated rings. The predicted octanol–water partition coefficient (Wildman–Crippen LogP) is 2.92. The molecule has 3 aliphatic rings. The largest absolute Gasteiger partial charge is 0.378 e. The van der Waals surface area contributed by atoms with E-state index in [2.05, 4.69) is 45.5 Å². The Labute approximate surface area is 169 Å². The number of hydrogen-bond donors (Lipinski definition) is 1. The Kier molecular flexibility index (Phi) is 3.65. The van der Waals surface area contributed by atoms with Crippen LogP contribution in [0.25, 0.3) is 22.3 Å². The van der Waals surface area contributed by atoms with E-state index in [4.69, 9.17) is 9.84 Å². The van der Waals surface area contributed by atoms with Crippen LogP contribution in [0.5, 0.6) is 0 Å². The number of nitriles is 1. The van der Waals surface area contributed by atoms with Crippen molar-refractivity contribution < 1.29 is 4.74 Å². The molecule has 1 N–H and O–H groups in total. The van der Waals surface area contributed by atoms with Gasteiger partial charge in [-0.2, -0.15) is 10.4 Å². The molecular formula is C22H24N6O. The Balaban J connectivity index is 1.32. The molecule has 6 rings (SSSR count). The van der Waals surface area contributed by atoms with Crippen LogP contribution in [-0.2, 0) is 4.74 Å². The van der Waals surface area contributed by atoms with Crippen molar-refractivity contribution in [2.75, 3.05) is 26.3 Å². The van der Waals surface area contributed by atoms with Crippen LogP contribution in [0.1, 0.15) is 37.1 Å². The van der Waals surface area contributed by atoms with Crippen molar-refractivity contribution in [3.8, 4) is 17.3 Å². The van der Waals surface area contributed by atoms with Gasteiger partial charge in [0.15, 0.2) is 0 Å². The number of ether oxygens (including phenoxy) is 1. The Morgan fingerprint density at radius 1 is 1.24 bits per heavy atom. The number of nitrogens with zero attached hydrogens (tertiary/aromatic N) is 5. The number of nitrogens with one attached hydrogen (secondary N) is 1. The zero-order valence-corrected chi connectivity index (χ0v) is 16.7. The zero-order valence-electron chi connectivity index (χ0n) is 16.7. The number of fused-ring (bicyclic) bond motifs is 2. The summed E-state index contributed by atoms with van der Waals surface area (Å²) < 4.78 is 7.56. The maximum absolute atomic E-state index is 9.33. The second-order valence-electron chi connectivity index (χ2n) is 8.93. The van der Waals surface area contributed by atoms with Gasteiger partial charge in [0.05, 0.1) is 30.5 Å². The molecule has 2 saturated heterocycles. The third kappa shape index (κ3) is 2.56. The van der Waals surface area contributed by atoms with Gasteiger partial charge in [0.2, 0.25) is 0 Å². The topological polar surface area (TPSA) is 82.8 Å². The van der Waals surface area contributed by atoms with Crippen LogP contribution in [0.3, 0.4) is 0 Å². The van der Waals surface area contributed by atoms with Gasteiger partial charge < -0.3 is 9.72 Å². The van der Waals surface area contributed by atoms with Gasteiger partial charge in [0.25, 0.3) is 0 Å². The first-order valence-electron chi connectivity index (χ1n) is 10.4.